The maximum absolute atomic E-state index is 11.3. The highest BCUT2D eigenvalue weighted by Crippen LogP contribution is 2.18. The number of aromatic nitrogens is 2. The fourth-order valence-corrected chi connectivity index (χ4v) is 1.59. The van der Waals surface area contributed by atoms with Gasteiger partial charge in [-0.15, -0.1) is 0 Å². The van der Waals surface area contributed by atoms with E-state index in [9.17, 15) is 4.79 Å². The highest BCUT2D eigenvalue weighted by atomic mass is 35.5. The Morgan fingerprint density at radius 1 is 1.46 bits per heavy atom. The van der Waals surface area contributed by atoms with Gasteiger partial charge in [0, 0.05) is 5.02 Å². The molecule has 66 valence electrons. The first kappa shape index (κ1) is 8.26. The summed E-state index contributed by atoms with van der Waals surface area (Å²) in [7, 11) is 0. The maximum Gasteiger partial charge on any atom is 0.258 e. The van der Waals surface area contributed by atoms with E-state index in [2.05, 4.69) is 9.97 Å². The summed E-state index contributed by atoms with van der Waals surface area (Å²) in [5, 5.41) is 1.09. The fraction of sp³-hybridized carbons (Fsp3) is 0.111. The van der Waals surface area contributed by atoms with Gasteiger partial charge in [0.15, 0.2) is 0 Å². The molecule has 0 radical (unpaired) electrons. The molecule has 0 aliphatic heterocycles. The number of benzene rings is 1. The molecule has 0 atom stereocenters. The van der Waals surface area contributed by atoms with Gasteiger partial charge in [-0.1, -0.05) is 11.6 Å². The van der Waals surface area contributed by atoms with Crippen LogP contribution in [0.2, 0.25) is 5.02 Å². The molecule has 0 spiro atoms. The summed E-state index contributed by atoms with van der Waals surface area (Å²) in [6.07, 6.45) is 1.39. The predicted octanol–water partition coefficient (Wildman–Crippen LogP) is 1.88. The van der Waals surface area contributed by atoms with Crippen molar-refractivity contribution in [2.45, 2.75) is 6.92 Å². The zero-order valence-electron chi connectivity index (χ0n) is 6.97. The van der Waals surface area contributed by atoms with E-state index in [4.69, 9.17) is 11.6 Å². The van der Waals surface area contributed by atoms with E-state index >= 15 is 0 Å². The Balaban J connectivity index is 3.03. The number of rotatable bonds is 0. The van der Waals surface area contributed by atoms with E-state index in [-0.39, 0.29) is 5.56 Å². The molecule has 0 amide bonds. The smallest absolute Gasteiger partial charge is 0.258 e. The molecule has 1 N–H and O–H groups in total. The number of aromatic amines is 1. The lowest BCUT2D eigenvalue weighted by Crippen LogP contribution is -2.06. The van der Waals surface area contributed by atoms with Crippen molar-refractivity contribution in [3.63, 3.8) is 0 Å². The summed E-state index contributed by atoms with van der Waals surface area (Å²) >= 11 is 5.82. The van der Waals surface area contributed by atoms with Crippen LogP contribution >= 0.6 is 11.6 Å². The van der Waals surface area contributed by atoms with E-state index in [1.165, 1.54) is 6.33 Å². The molecule has 2 aromatic rings. The molecule has 0 aliphatic rings. The summed E-state index contributed by atoms with van der Waals surface area (Å²) in [4.78, 5) is 17.9. The first-order chi connectivity index (χ1) is 6.18. The van der Waals surface area contributed by atoms with Crippen LogP contribution in [0, 0.1) is 6.92 Å². The molecular weight excluding hydrogens is 188 g/mol. The topological polar surface area (TPSA) is 45.8 Å². The zero-order chi connectivity index (χ0) is 9.42. The van der Waals surface area contributed by atoms with Crippen molar-refractivity contribution in [3.05, 3.63) is 39.4 Å². The number of aryl methyl sites for hydroxylation is 1. The molecule has 1 heterocycles. The van der Waals surface area contributed by atoms with Crippen molar-refractivity contribution in [2.75, 3.05) is 0 Å². The van der Waals surface area contributed by atoms with Crippen molar-refractivity contribution in [2.24, 2.45) is 0 Å². The Morgan fingerprint density at radius 2 is 2.23 bits per heavy atom. The number of halogens is 1. The summed E-state index contributed by atoms with van der Waals surface area (Å²) in [6, 6.07) is 3.41. The Labute approximate surface area is 79.4 Å². The van der Waals surface area contributed by atoms with Gasteiger partial charge in [0.25, 0.3) is 5.56 Å². The van der Waals surface area contributed by atoms with E-state index < -0.39 is 0 Å². The summed E-state index contributed by atoms with van der Waals surface area (Å²) < 4.78 is 0. The molecule has 13 heavy (non-hydrogen) atoms. The van der Waals surface area contributed by atoms with Gasteiger partial charge in [0.05, 0.1) is 17.2 Å². The minimum Gasteiger partial charge on any atom is -0.313 e. The number of fused-ring (bicyclic) bond motifs is 1. The van der Waals surface area contributed by atoms with Crippen LogP contribution in [-0.4, -0.2) is 9.97 Å². The van der Waals surface area contributed by atoms with Crippen molar-refractivity contribution in [3.8, 4) is 0 Å². The van der Waals surface area contributed by atoms with E-state index in [0.29, 0.717) is 15.9 Å². The molecule has 1 aromatic heterocycles. The Kier molecular flexibility index (Phi) is 1.81. The summed E-state index contributed by atoms with van der Waals surface area (Å²) in [5.74, 6) is 0. The minimum atomic E-state index is -0.157. The average Bonchev–Trinajstić information content (AvgIpc) is 2.07. The van der Waals surface area contributed by atoms with Crippen LogP contribution < -0.4 is 5.56 Å². The molecule has 0 saturated carbocycles. The Bertz CT molecular complexity index is 518. The highest BCUT2D eigenvalue weighted by Gasteiger charge is 2.03. The predicted molar refractivity (Wildman–Crippen MR) is 52.1 cm³/mol. The first-order valence-corrected chi connectivity index (χ1v) is 4.20. The van der Waals surface area contributed by atoms with Gasteiger partial charge >= 0.3 is 0 Å². The molecular formula is C9H7ClN2O. The van der Waals surface area contributed by atoms with Crippen LogP contribution in [0.5, 0.6) is 0 Å². The van der Waals surface area contributed by atoms with Gasteiger partial charge in [0.2, 0.25) is 0 Å². The zero-order valence-corrected chi connectivity index (χ0v) is 7.72. The second-order valence-electron chi connectivity index (χ2n) is 2.85. The maximum atomic E-state index is 11.3. The Hall–Kier alpha value is -1.35. The highest BCUT2D eigenvalue weighted by molar-refractivity contribution is 6.31. The van der Waals surface area contributed by atoms with Gasteiger partial charge in [-0.05, 0) is 24.6 Å². The molecule has 0 fully saturated rings. The molecule has 0 saturated heterocycles. The minimum absolute atomic E-state index is 0.157. The SMILES string of the molecule is Cc1cc(Cl)cc2c(=O)[nH]cnc12. The Morgan fingerprint density at radius 3 is 3.00 bits per heavy atom. The number of nitrogens with zero attached hydrogens (tertiary/aromatic N) is 1. The molecule has 0 bridgehead atoms. The number of hydrogen-bond acceptors (Lipinski definition) is 2. The van der Waals surface area contributed by atoms with Crippen LogP contribution in [0.4, 0.5) is 0 Å². The lowest BCUT2D eigenvalue weighted by molar-refractivity contribution is 1.16. The van der Waals surface area contributed by atoms with Gasteiger partial charge in [-0.2, -0.15) is 0 Å². The quantitative estimate of drug-likeness (QED) is 0.696. The van der Waals surface area contributed by atoms with Crippen LogP contribution in [0.1, 0.15) is 5.56 Å². The number of nitrogens with one attached hydrogen (secondary N) is 1. The van der Waals surface area contributed by atoms with Crippen LogP contribution in [-0.2, 0) is 0 Å². The molecule has 3 nitrogen and oxygen atoms in total. The molecule has 2 rings (SSSR count). The first-order valence-electron chi connectivity index (χ1n) is 3.82. The van der Waals surface area contributed by atoms with Gasteiger partial charge in [-0.25, -0.2) is 4.98 Å². The van der Waals surface area contributed by atoms with Gasteiger partial charge < -0.3 is 4.98 Å². The molecule has 4 heteroatoms. The summed E-state index contributed by atoms with van der Waals surface area (Å²) in [5.41, 5.74) is 1.46. The average molecular weight is 195 g/mol. The fourth-order valence-electron chi connectivity index (χ4n) is 1.31. The second kappa shape index (κ2) is 2.85. The second-order valence-corrected chi connectivity index (χ2v) is 3.29. The molecule has 0 unspecified atom stereocenters. The van der Waals surface area contributed by atoms with Crippen molar-refractivity contribution < 1.29 is 0 Å². The third-order valence-corrected chi connectivity index (χ3v) is 2.12. The van der Waals surface area contributed by atoms with Gasteiger partial charge in [0.1, 0.15) is 0 Å². The summed E-state index contributed by atoms with van der Waals surface area (Å²) in [6.45, 7) is 1.88. The van der Waals surface area contributed by atoms with Crippen LogP contribution in [0.15, 0.2) is 23.3 Å². The van der Waals surface area contributed by atoms with Crippen LogP contribution in [0.25, 0.3) is 10.9 Å². The lowest BCUT2D eigenvalue weighted by Gasteiger charge is -1.99. The largest absolute Gasteiger partial charge is 0.313 e. The van der Waals surface area contributed by atoms with E-state index in [1.807, 2.05) is 6.92 Å². The monoisotopic (exact) mass is 194 g/mol. The number of hydrogen-bond donors (Lipinski definition) is 1. The van der Waals surface area contributed by atoms with E-state index in [1.54, 1.807) is 12.1 Å². The standard InChI is InChI=1S/C9H7ClN2O/c1-5-2-6(10)3-7-8(5)11-4-12-9(7)13/h2-4H,1H3,(H,11,12,13). The third kappa shape index (κ3) is 1.31. The molecule has 1 aromatic carbocycles. The van der Waals surface area contributed by atoms with E-state index in [0.717, 1.165) is 5.56 Å². The van der Waals surface area contributed by atoms with Crippen molar-refractivity contribution in [1.29, 1.82) is 0 Å². The number of H-pyrrole nitrogens is 1. The van der Waals surface area contributed by atoms with Crippen LogP contribution in [0.3, 0.4) is 0 Å². The van der Waals surface area contributed by atoms with Gasteiger partial charge in [-0.3, -0.25) is 4.79 Å². The lowest BCUT2D eigenvalue weighted by atomic mass is 10.1. The third-order valence-electron chi connectivity index (χ3n) is 1.90. The normalized spacial score (nSPS) is 10.6. The van der Waals surface area contributed by atoms with Crippen molar-refractivity contribution in [1.82, 2.24) is 9.97 Å². The molecule has 0 aliphatic carbocycles. The van der Waals surface area contributed by atoms with Crippen molar-refractivity contribution >= 4 is 22.5 Å².